The minimum absolute atomic E-state index is 0.0749. The number of piperidine rings is 1. The normalized spacial score (nSPS) is 15.5. The number of fused-ring (bicyclic) bond motifs is 1. The lowest BCUT2D eigenvalue weighted by Crippen LogP contribution is -2.39. The number of carbonyl (C=O) groups excluding carboxylic acids is 2. The second-order valence-corrected chi connectivity index (χ2v) is 11.4. The summed E-state index contributed by atoms with van der Waals surface area (Å²) in [6.07, 6.45) is 1.59. The molecule has 5 aromatic rings. The van der Waals surface area contributed by atoms with Gasteiger partial charge in [0.2, 0.25) is 11.8 Å². The first kappa shape index (κ1) is 27.7. The van der Waals surface area contributed by atoms with Crippen LogP contribution in [0.5, 0.6) is 0 Å². The molecule has 1 atom stereocenters. The number of thiazole rings is 1. The summed E-state index contributed by atoms with van der Waals surface area (Å²) in [6, 6.07) is 8.75. The molecule has 4 heterocycles. The lowest BCUT2D eigenvalue weighted by atomic mass is 9.99. The smallest absolute Gasteiger partial charge is 0.228 e. The van der Waals surface area contributed by atoms with Crippen LogP contribution in [0.25, 0.3) is 27.3 Å². The highest BCUT2D eigenvalue weighted by molar-refractivity contribution is 7.12. The number of likely N-dealkylation sites (N-methyl/N-ethyl adjacent to an activating group) is 1. The topological polar surface area (TPSA) is 97.4 Å². The largest absolute Gasteiger partial charge is 0.361 e. The maximum atomic E-state index is 14.3. The highest BCUT2D eigenvalue weighted by Crippen LogP contribution is 2.40. The van der Waals surface area contributed by atoms with E-state index in [9.17, 15) is 18.4 Å². The zero-order valence-corrected chi connectivity index (χ0v) is 24.3. The van der Waals surface area contributed by atoms with E-state index < -0.39 is 17.7 Å². The summed E-state index contributed by atoms with van der Waals surface area (Å²) in [5, 5.41) is 6.50. The molecule has 1 aliphatic rings. The highest BCUT2D eigenvalue weighted by atomic mass is 32.1. The molecule has 0 aliphatic carbocycles. The average molecular weight is 591 g/mol. The summed E-state index contributed by atoms with van der Waals surface area (Å²) >= 11 is 1.37. The van der Waals surface area contributed by atoms with Crippen LogP contribution >= 0.6 is 11.3 Å². The van der Waals surface area contributed by atoms with Gasteiger partial charge in [-0.3, -0.25) is 14.2 Å². The van der Waals surface area contributed by atoms with Gasteiger partial charge in [-0.2, -0.15) is 0 Å². The molecule has 3 aromatic heterocycles. The fourth-order valence-corrected chi connectivity index (χ4v) is 6.29. The molecular formula is C30H28F2N6O3S. The van der Waals surface area contributed by atoms with Gasteiger partial charge in [-0.05, 0) is 56.5 Å². The number of hydrogen-bond acceptors (Lipinski definition) is 7. The third kappa shape index (κ3) is 4.85. The maximum absolute atomic E-state index is 14.3. The molecule has 1 fully saturated rings. The van der Waals surface area contributed by atoms with Crippen LogP contribution in [0.15, 0.2) is 46.3 Å². The molecule has 0 bridgehead atoms. The number of imidazole rings is 1. The van der Waals surface area contributed by atoms with Gasteiger partial charge in [0, 0.05) is 43.2 Å². The number of aryl methyl sites for hydroxylation is 2. The van der Waals surface area contributed by atoms with Crippen LogP contribution in [0.3, 0.4) is 0 Å². The Morgan fingerprint density at radius 2 is 1.93 bits per heavy atom. The minimum atomic E-state index is -1.03. The summed E-state index contributed by atoms with van der Waals surface area (Å²) in [5.74, 6) is -1.07. The van der Waals surface area contributed by atoms with E-state index in [0.717, 1.165) is 34.5 Å². The van der Waals surface area contributed by atoms with Crippen LogP contribution in [-0.4, -0.2) is 50.5 Å². The van der Waals surface area contributed by atoms with Gasteiger partial charge in [0.05, 0.1) is 34.9 Å². The summed E-state index contributed by atoms with van der Waals surface area (Å²) in [7, 11) is 3.39. The average Bonchev–Trinajstić information content (AvgIpc) is 3.66. The number of nitrogens with zero attached hydrogens (tertiary/aromatic N) is 6. The van der Waals surface area contributed by atoms with Crippen molar-refractivity contribution in [3.05, 3.63) is 76.4 Å². The van der Waals surface area contributed by atoms with E-state index in [2.05, 4.69) is 5.16 Å². The van der Waals surface area contributed by atoms with E-state index in [1.165, 1.54) is 27.2 Å². The van der Waals surface area contributed by atoms with Crippen LogP contribution in [0.2, 0.25) is 0 Å². The Kier molecular flexibility index (Phi) is 7.09. The Labute approximate surface area is 244 Å². The van der Waals surface area contributed by atoms with Gasteiger partial charge in [0.1, 0.15) is 11.6 Å². The molecule has 0 unspecified atom stereocenters. The summed E-state index contributed by atoms with van der Waals surface area (Å²) in [4.78, 5) is 38.5. The molecule has 0 radical (unpaired) electrons. The monoisotopic (exact) mass is 590 g/mol. The molecule has 9 nitrogen and oxygen atoms in total. The van der Waals surface area contributed by atoms with Crippen LogP contribution in [0.1, 0.15) is 48.3 Å². The fraction of sp³-hybridized carbons (Fsp3) is 0.300. The lowest BCUT2D eigenvalue weighted by molar-refractivity contribution is -0.128. The Morgan fingerprint density at radius 3 is 2.64 bits per heavy atom. The quantitative estimate of drug-likeness (QED) is 0.244. The van der Waals surface area contributed by atoms with Crippen molar-refractivity contribution in [2.45, 2.75) is 45.6 Å². The van der Waals surface area contributed by atoms with Crippen molar-refractivity contribution in [1.82, 2.24) is 24.6 Å². The van der Waals surface area contributed by atoms with Gasteiger partial charge in [0.15, 0.2) is 16.8 Å². The minimum Gasteiger partial charge on any atom is -0.361 e. The van der Waals surface area contributed by atoms with Crippen LogP contribution < -0.4 is 4.90 Å². The molecule has 6 rings (SSSR count). The number of halogens is 2. The van der Waals surface area contributed by atoms with Gasteiger partial charge < -0.3 is 14.3 Å². The van der Waals surface area contributed by atoms with Crippen molar-refractivity contribution >= 4 is 39.9 Å². The molecular weight excluding hydrogens is 562 g/mol. The van der Waals surface area contributed by atoms with Crippen molar-refractivity contribution in [3.63, 3.8) is 0 Å². The Balaban J connectivity index is 1.53. The molecule has 12 heteroatoms. The number of hydrogen-bond donors (Lipinski definition) is 0. The Morgan fingerprint density at radius 1 is 1.12 bits per heavy atom. The number of benzene rings is 2. The molecule has 2 aromatic carbocycles. The number of rotatable bonds is 6. The Hall–Kier alpha value is -4.45. The summed E-state index contributed by atoms with van der Waals surface area (Å²) in [5.41, 5.74) is 4.80. The fourth-order valence-electron chi connectivity index (χ4n) is 5.44. The van der Waals surface area contributed by atoms with E-state index in [4.69, 9.17) is 14.5 Å². The van der Waals surface area contributed by atoms with Gasteiger partial charge in [0.25, 0.3) is 0 Å². The Bertz CT molecular complexity index is 1820. The molecule has 0 spiro atoms. The van der Waals surface area contributed by atoms with Crippen LogP contribution in [-0.2, 0) is 16.0 Å². The first-order valence-electron chi connectivity index (χ1n) is 13.5. The van der Waals surface area contributed by atoms with Gasteiger partial charge in [-0.15, -0.1) is 11.3 Å². The molecule has 1 aliphatic heterocycles. The van der Waals surface area contributed by atoms with Crippen LogP contribution in [0, 0.1) is 25.5 Å². The van der Waals surface area contributed by atoms with Crippen molar-refractivity contribution in [2.24, 2.45) is 0 Å². The predicted octanol–water partition coefficient (Wildman–Crippen LogP) is 5.92. The van der Waals surface area contributed by atoms with E-state index in [-0.39, 0.29) is 30.3 Å². The molecule has 0 saturated carbocycles. The van der Waals surface area contributed by atoms with E-state index >= 15 is 0 Å². The standard InChI is InChI=1S/C30H28F2N6O3S/c1-16-28(17(2)41-35-16)18-8-11-24-23(12-18)34-29(38(24)30-33-19(15-42-30)13-27(40)36(3)4)25-6-5-7-26(39)37(25)20-9-10-21(31)22(32)14-20/h8-12,14-15,25H,5-7,13H2,1-4H3/t25-/m0/s1. The lowest BCUT2D eigenvalue weighted by Gasteiger charge is -2.35. The first-order chi connectivity index (χ1) is 20.1. The van der Waals surface area contributed by atoms with E-state index in [1.807, 2.05) is 42.0 Å². The number of aromatic nitrogens is 4. The third-order valence-corrected chi connectivity index (χ3v) is 8.37. The third-order valence-electron chi connectivity index (χ3n) is 7.49. The molecule has 216 valence electrons. The van der Waals surface area contributed by atoms with Crippen molar-refractivity contribution in [2.75, 3.05) is 19.0 Å². The van der Waals surface area contributed by atoms with Gasteiger partial charge >= 0.3 is 0 Å². The van der Waals surface area contributed by atoms with E-state index in [0.29, 0.717) is 40.8 Å². The van der Waals surface area contributed by atoms with Gasteiger partial charge in [-0.25, -0.2) is 18.7 Å². The van der Waals surface area contributed by atoms with Crippen molar-refractivity contribution in [1.29, 1.82) is 0 Å². The first-order valence-corrected chi connectivity index (χ1v) is 14.4. The number of carbonyl (C=O) groups is 2. The summed E-state index contributed by atoms with van der Waals surface area (Å²) < 4.78 is 35.4. The zero-order chi connectivity index (χ0) is 29.7. The highest BCUT2D eigenvalue weighted by Gasteiger charge is 2.35. The number of amides is 2. The predicted molar refractivity (Wildman–Crippen MR) is 155 cm³/mol. The molecule has 0 N–H and O–H groups in total. The van der Waals surface area contributed by atoms with Crippen molar-refractivity contribution in [3.8, 4) is 16.3 Å². The molecule has 42 heavy (non-hydrogen) atoms. The summed E-state index contributed by atoms with van der Waals surface area (Å²) in [6.45, 7) is 3.72. The van der Waals surface area contributed by atoms with E-state index in [1.54, 1.807) is 14.1 Å². The zero-order valence-electron chi connectivity index (χ0n) is 23.5. The second kappa shape index (κ2) is 10.8. The van der Waals surface area contributed by atoms with Crippen LogP contribution in [0.4, 0.5) is 14.5 Å². The van der Waals surface area contributed by atoms with Crippen molar-refractivity contribution < 1.29 is 22.9 Å². The SMILES string of the molecule is Cc1noc(C)c1-c1ccc2c(c1)nc([C@@H]1CCCC(=O)N1c1ccc(F)c(F)c1)n2-c1nc(CC(=O)N(C)C)cs1. The molecule has 2 amide bonds. The number of anilines is 1. The molecule has 1 saturated heterocycles. The van der Waals surface area contributed by atoms with Gasteiger partial charge in [-0.1, -0.05) is 11.2 Å². The second-order valence-electron chi connectivity index (χ2n) is 10.6. The maximum Gasteiger partial charge on any atom is 0.228 e.